The van der Waals surface area contributed by atoms with Crippen LogP contribution in [-0.2, 0) is 21.5 Å². The lowest BCUT2D eigenvalue weighted by molar-refractivity contribution is -0.130. The molecule has 0 radical (unpaired) electrons. The number of fused-ring (bicyclic) bond motifs is 5. The zero-order valence-electron chi connectivity index (χ0n) is 18.9. The predicted octanol–water partition coefficient (Wildman–Crippen LogP) is 3.92. The van der Waals surface area contributed by atoms with Gasteiger partial charge in [-0.25, -0.2) is 0 Å². The molecule has 3 aliphatic rings. The highest BCUT2D eigenvalue weighted by Crippen LogP contribution is 2.61. The number of carbonyl (C=O) groups excluding carboxylic acids is 1. The average Bonchev–Trinajstić information content (AvgIpc) is 3.03. The van der Waals surface area contributed by atoms with Gasteiger partial charge in [0.1, 0.15) is 5.75 Å². The molecule has 31 heavy (non-hydrogen) atoms. The molecule has 2 N–H and O–H groups in total. The summed E-state index contributed by atoms with van der Waals surface area (Å²) in [4.78, 5) is 15.4. The molecule has 1 amide bonds. The summed E-state index contributed by atoms with van der Waals surface area (Å²) < 4.78 is 27.4. The fraction of sp³-hybridized carbons (Fsp3) is 0.625. The molecule has 0 aliphatic heterocycles. The van der Waals surface area contributed by atoms with Crippen molar-refractivity contribution in [2.45, 2.75) is 71.8 Å². The highest BCUT2D eigenvalue weighted by Gasteiger charge is 2.53. The standard InChI is InChI=1S/C24H34N2O4S/c1-5-26(15(2)3)23(27)22-11-10-21-20-8-6-16-14-17(30-31(25,28)29)7-9-18(16)19(20)12-13-24(21,22)4/h7,9,11,14-15,19-21H,5-6,8,10,12-13H2,1-4H3,(H2,25,28,29)/t19-,20-,21+,24+/m1/s1. The first-order valence-corrected chi connectivity index (χ1v) is 12.9. The fourth-order valence-corrected chi connectivity index (χ4v) is 6.91. The number of hydrogen-bond acceptors (Lipinski definition) is 4. The van der Waals surface area contributed by atoms with Gasteiger partial charge in [0.05, 0.1) is 0 Å². The molecule has 4 atom stereocenters. The van der Waals surface area contributed by atoms with Crippen molar-refractivity contribution in [1.29, 1.82) is 0 Å². The summed E-state index contributed by atoms with van der Waals surface area (Å²) in [6, 6.07) is 5.75. The summed E-state index contributed by atoms with van der Waals surface area (Å²) in [7, 11) is -4.02. The van der Waals surface area contributed by atoms with Gasteiger partial charge < -0.3 is 9.08 Å². The van der Waals surface area contributed by atoms with E-state index in [9.17, 15) is 13.2 Å². The highest BCUT2D eigenvalue weighted by atomic mass is 32.2. The lowest BCUT2D eigenvalue weighted by atomic mass is 9.54. The first kappa shape index (κ1) is 22.3. The number of nitrogens with two attached hydrogens (primary N) is 1. The van der Waals surface area contributed by atoms with Crippen LogP contribution in [0.3, 0.4) is 0 Å². The normalized spacial score (nSPS) is 29.6. The van der Waals surface area contributed by atoms with Crippen molar-refractivity contribution in [3.05, 3.63) is 41.0 Å². The molecule has 1 saturated carbocycles. The van der Waals surface area contributed by atoms with E-state index in [2.05, 4.69) is 33.8 Å². The zero-order chi connectivity index (χ0) is 22.6. The number of likely N-dealkylation sites (N-methyl/N-ethyl adjacent to an activating group) is 1. The Morgan fingerprint density at radius 2 is 2.06 bits per heavy atom. The summed E-state index contributed by atoms with van der Waals surface area (Å²) in [5.74, 6) is 1.95. The first-order valence-electron chi connectivity index (χ1n) is 11.4. The van der Waals surface area contributed by atoms with Crippen LogP contribution in [0.25, 0.3) is 0 Å². The number of allylic oxidation sites excluding steroid dienone is 1. The molecule has 0 bridgehead atoms. The summed E-state index contributed by atoms with van der Waals surface area (Å²) in [5.41, 5.74) is 3.42. The van der Waals surface area contributed by atoms with Crippen LogP contribution in [-0.4, -0.2) is 31.8 Å². The molecule has 1 aromatic carbocycles. The van der Waals surface area contributed by atoms with Crippen molar-refractivity contribution in [2.24, 2.45) is 22.4 Å². The van der Waals surface area contributed by atoms with Gasteiger partial charge in [-0.3, -0.25) is 4.79 Å². The summed E-state index contributed by atoms with van der Waals surface area (Å²) >= 11 is 0. The van der Waals surface area contributed by atoms with Crippen LogP contribution in [0.15, 0.2) is 29.8 Å². The average molecular weight is 447 g/mol. The molecule has 170 valence electrons. The van der Waals surface area contributed by atoms with Crippen molar-refractivity contribution in [3.63, 3.8) is 0 Å². The Hall–Kier alpha value is -1.86. The number of rotatable bonds is 5. The second-order valence-corrected chi connectivity index (χ2v) is 11.0. The molecule has 7 heteroatoms. The molecule has 0 spiro atoms. The summed E-state index contributed by atoms with van der Waals surface area (Å²) in [5, 5.41) is 5.02. The Morgan fingerprint density at radius 1 is 1.32 bits per heavy atom. The number of aryl methyl sites for hydroxylation is 1. The van der Waals surface area contributed by atoms with Crippen LogP contribution in [0, 0.1) is 17.3 Å². The minimum atomic E-state index is -4.02. The van der Waals surface area contributed by atoms with Gasteiger partial charge in [0, 0.05) is 23.6 Å². The maximum atomic E-state index is 13.4. The fourth-order valence-electron chi connectivity index (χ4n) is 6.54. The van der Waals surface area contributed by atoms with E-state index >= 15 is 0 Å². The van der Waals surface area contributed by atoms with Crippen LogP contribution in [0.4, 0.5) is 0 Å². The van der Waals surface area contributed by atoms with E-state index < -0.39 is 10.3 Å². The van der Waals surface area contributed by atoms with Crippen molar-refractivity contribution < 1.29 is 17.4 Å². The third-order valence-corrected chi connectivity index (χ3v) is 8.37. The lowest BCUT2D eigenvalue weighted by Crippen LogP contribution is -2.46. The third-order valence-electron chi connectivity index (χ3n) is 7.95. The van der Waals surface area contributed by atoms with E-state index in [1.165, 1.54) is 5.56 Å². The van der Waals surface area contributed by atoms with E-state index in [0.717, 1.165) is 49.8 Å². The highest BCUT2D eigenvalue weighted by molar-refractivity contribution is 7.84. The Kier molecular flexibility index (Phi) is 5.71. The largest absolute Gasteiger partial charge is 0.380 e. The third kappa shape index (κ3) is 3.91. The Balaban J connectivity index is 1.58. The number of benzene rings is 1. The molecule has 6 nitrogen and oxygen atoms in total. The van der Waals surface area contributed by atoms with Crippen LogP contribution in [0.5, 0.6) is 5.75 Å². The predicted molar refractivity (Wildman–Crippen MR) is 121 cm³/mol. The number of carbonyl (C=O) groups is 1. The lowest BCUT2D eigenvalue weighted by Gasteiger charge is -2.50. The van der Waals surface area contributed by atoms with Crippen molar-refractivity contribution >= 4 is 16.2 Å². The summed E-state index contributed by atoms with van der Waals surface area (Å²) in [6.07, 6.45) is 7.17. The van der Waals surface area contributed by atoms with Crippen LogP contribution < -0.4 is 9.32 Å². The van der Waals surface area contributed by atoms with Crippen molar-refractivity contribution in [2.75, 3.05) is 6.54 Å². The van der Waals surface area contributed by atoms with Gasteiger partial charge in [0.2, 0.25) is 5.91 Å². The molecule has 4 rings (SSSR count). The van der Waals surface area contributed by atoms with Gasteiger partial charge >= 0.3 is 10.3 Å². The van der Waals surface area contributed by atoms with Crippen LogP contribution in [0.1, 0.15) is 70.4 Å². The number of amides is 1. The van der Waals surface area contributed by atoms with E-state index in [0.29, 0.717) is 17.8 Å². The van der Waals surface area contributed by atoms with E-state index in [4.69, 9.17) is 9.32 Å². The molecule has 0 heterocycles. The quantitative estimate of drug-likeness (QED) is 0.742. The first-order chi connectivity index (χ1) is 14.5. The maximum Gasteiger partial charge on any atom is 0.380 e. The SMILES string of the molecule is CCN(C(=O)C1=CC[C@H]2[C@@H]3CCc4cc(OS(N)(=O)=O)ccc4[C@H]3CC[C@]12C)C(C)C. The molecule has 0 unspecified atom stereocenters. The Labute approximate surface area is 186 Å². The molecule has 1 aromatic rings. The Morgan fingerprint density at radius 3 is 2.71 bits per heavy atom. The number of hydrogen-bond donors (Lipinski definition) is 1. The van der Waals surface area contributed by atoms with E-state index in [-0.39, 0.29) is 23.1 Å². The monoisotopic (exact) mass is 446 g/mol. The minimum absolute atomic E-state index is 0.0608. The molecule has 3 aliphatic carbocycles. The van der Waals surface area contributed by atoms with Crippen LogP contribution >= 0.6 is 0 Å². The van der Waals surface area contributed by atoms with E-state index in [1.807, 2.05) is 17.0 Å². The van der Waals surface area contributed by atoms with Crippen molar-refractivity contribution in [1.82, 2.24) is 4.90 Å². The molecular weight excluding hydrogens is 412 g/mol. The van der Waals surface area contributed by atoms with Crippen molar-refractivity contribution in [3.8, 4) is 5.75 Å². The van der Waals surface area contributed by atoms with E-state index in [1.54, 1.807) is 6.07 Å². The van der Waals surface area contributed by atoms with Gasteiger partial charge in [-0.15, -0.1) is 0 Å². The molecular formula is C24H34N2O4S. The molecule has 0 aromatic heterocycles. The second-order valence-electron chi connectivity index (χ2n) is 9.85. The second kappa shape index (κ2) is 7.93. The zero-order valence-corrected chi connectivity index (χ0v) is 19.7. The minimum Gasteiger partial charge on any atom is -0.371 e. The van der Waals surface area contributed by atoms with Gasteiger partial charge in [-0.2, -0.15) is 13.6 Å². The van der Waals surface area contributed by atoms with Crippen LogP contribution in [0.2, 0.25) is 0 Å². The maximum absolute atomic E-state index is 13.4. The summed E-state index contributed by atoms with van der Waals surface area (Å²) in [6.45, 7) is 9.25. The van der Waals surface area contributed by atoms with Gasteiger partial charge in [0.25, 0.3) is 0 Å². The molecule has 1 fully saturated rings. The van der Waals surface area contributed by atoms with Gasteiger partial charge in [0.15, 0.2) is 0 Å². The van der Waals surface area contributed by atoms with Gasteiger partial charge in [-0.05, 0) is 93.9 Å². The number of nitrogens with zero attached hydrogens (tertiary/aromatic N) is 1. The van der Waals surface area contributed by atoms with Gasteiger partial charge in [-0.1, -0.05) is 19.1 Å². The smallest absolute Gasteiger partial charge is 0.371 e. The Bertz CT molecular complexity index is 1020. The topological polar surface area (TPSA) is 89.7 Å². The molecule has 0 saturated heterocycles.